The van der Waals surface area contributed by atoms with Gasteiger partial charge in [0.15, 0.2) is 0 Å². The Hall–Kier alpha value is -1.17. The maximum absolute atomic E-state index is 12.3. The molecule has 0 bridgehead atoms. The molecule has 5 heteroatoms. The van der Waals surface area contributed by atoms with Crippen LogP contribution < -0.4 is 5.32 Å². The molecule has 0 unspecified atom stereocenters. The number of rotatable bonds is 7. The molecule has 0 saturated heterocycles. The number of anilines is 1. The van der Waals surface area contributed by atoms with Gasteiger partial charge in [0.05, 0.1) is 10.3 Å². The molecule has 0 spiro atoms. The Balaban J connectivity index is 1.95. The second-order valence-corrected chi connectivity index (χ2v) is 7.83. The zero-order valence-electron chi connectivity index (χ0n) is 12.9. The zero-order valence-corrected chi connectivity index (χ0v) is 15.3. The normalized spacial score (nSPS) is 10.9. The lowest BCUT2D eigenvalue weighted by Gasteiger charge is -2.20. The first kappa shape index (κ1) is 17.2. The Morgan fingerprint density at radius 2 is 2.05 bits per heavy atom. The van der Waals surface area contributed by atoms with Crippen molar-refractivity contribution in [1.82, 2.24) is 4.90 Å². The Labute approximate surface area is 144 Å². The van der Waals surface area contributed by atoms with Crippen LogP contribution in [-0.4, -0.2) is 23.9 Å². The molecule has 22 heavy (non-hydrogen) atoms. The van der Waals surface area contributed by atoms with Gasteiger partial charge in [-0.1, -0.05) is 25.1 Å². The van der Waals surface area contributed by atoms with E-state index in [4.69, 9.17) is 0 Å². The van der Waals surface area contributed by atoms with Crippen molar-refractivity contribution in [2.24, 2.45) is 0 Å². The maximum Gasteiger partial charge on any atom is 0.238 e. The third kappa shape index (κ3) is 5.23. The molecule has 1 aromatic heterocycles. The fourth-order valence-corrected chi connectivity index (χ4v) is 3.82. The topological polar surface area (TPSA) is 32.3 Å². The molecule has 0 fully saturated rings. The average molecular weight is 381 g/mol. The van der Waals surface area contributed by atoms with Crippen LogP contribution in [0.3, 0.4) is 0 Å². The van der Waals surface area contributed by atoms with Crippen LogP contribution in [0.4, 0.5) is 5.69 Å². The highest BCUT2D eigenvalue weighted by atomic mass is 79.9. The van der Waals surface area contributed by atoms with Crippen molar-refractivity contribution in [3.05, 3.63) is 50.6 Å². The number of halogens is 1. The SMILES string of the molecule is CCCN(CC(=O)Nc1ccccc1C)Cc1ccc(Br)s1. The molecule has 0 aliphatic heterocycles. The molecule has 0 aliphatic rings. The van der Waals surface area contributed by atoms with Crippen molar-refractivity contribution in [1.29, 1.82) is 0 Å². The molecule has 2 rings (SSSR count). The fourth-order valence-electron chi connectivity index (χ4n) is 2.29. The summed E-state index contributed by atoms with van der Waals surface area (Å²) in [4.78, 5) is 15.7. The van der Waals surface area contributed by atoms with Gasteiger partial charge in [-0.2, -0.15) is 0 Å². The first-order chi connectivity index (χ1) is 10.6. The van der Waals surface area contributed by atoms with Crippen molar-refractivity contribution < 1.29 is 4.79 Å². The van der Waals surface area contributed by atoms with E-state index < -0.39 is 0 Å². The minimum atomic E-state index is 0.0402. The first-order valence-corrected chi connectivity index (χ1v) is 9.01. The van der Waals surface area contributed by atoms with Crippen LogP contribution in [0, 0.1) is 6.92 Å². The summed E-state index contributed by atoms with van der Waals surface area (Å²) in [6.45, 7) is 6.28. The van der Waals surface area contributed by atoms with Gasteiger partial charge in [-0.25, -0.2) is 0 Å². The van der Waals surface area contributed by atoms with Crippen molar-refractivity contribution in [3.8, 4) is 0 Å². The highest BCUT2D eigenvalue weighted by molar-refractivity contribution is 9.11. The quantitative estimate of drug-likeness (QED) is 0.756. The fraction of sp³-hybridized carbons (Fsp3) is 0.353. The predicted molar refractivity (Wildman–Crippen MR) is 97.4 cm³/mol. The number of carbonyl (C=O) groups excluding carboxylic acids is 1. The summed E-state index contributed by atoms with van der Waals surface area (Å²) in [5.74, 6) is 0.0402. The number of hydrogen-bond acceptors (Lipinski definition) is 3. The van der Waals surface area contributed by atoms with Gasteiger partial charge in [0, 0.05) is 17.1 Å². The second kappa shape index (κ2) is 8.46. The minimum absolute atomic E-state index is 0.0402. The van der Waals surface area contributed by atoms with Crippen LogP contribution in [-0.2, 0) is 11.3 Å². The molecule has 1 amide bonds. The Morgan fingerprint density at radius 3 is 2.68 bits per heavy atom. The number of carbonyl (C=O) groups is 1. The molecule has 1 N–H and O–H groups in total. The minimum Gasteiger partial charge on any atom is -0.325 e. The smallest absolute Gasteiger partial charge is 0.238 e. The van der Waals surface area contributed by atoms with Crippen LogP contribution in [0.2, 0.25) is 0 Å². The second-order valence-electron chi connectivity index (χ2n) is 5.28. The number of para-hydroxylation sites is 1. The predicted octanol–water partition coefficient (Wildman–Crippen LogP) is 4.67. The summed E-state index contributed by atoms with van der Waals surface area (Å²) >= 11 is 5.20. The molecule has 0 saturated carbocycles. The number of aryl methyl sites for hydroxylation is 1. The summed E-state index contributed by atoms with van der Waals surface area (Å²) in [5, 5.41) is 3.00. The number of benzene rings is 1. The summed E-state index contributed by atoms with van der Waals surface area (Å²) in [7, 11) is 0. The van der Waals surface area contributed by atoms with Gasteiger partial charge in [-0.05, 0) is 59.6 Å². The molecule has 0 atom stereocenters. The van der Waals surface area contributed by atoms with Crippen molar-refractivity contribution >= 4 is 38.9 Å². The summed E-state index contributed by atoms with van der Waals surface area (Å²) in [6.07, 6.45) is 1.03. The lowest BCUT2D eigenvalue weighted by molar-refractivity contribution is -0.117. The largest absolute Gasteiger partial charge is 0.325 e. The van der Waals surface area contributed by atoms with Crippen LogP contribution in [0.15, 0.2) is 40.2 Å². The monoisotopic (exact) mass is 380 g/mol. The van der Waals surface area contributed by atoms with E-state index in [0.717, 1.165) is 34.5 Å². The van der Waals surface area contributed by atoms with Crippen LogP contribution in [0.25, 0.3) is 0 Å². The van der Waals surface area contributed by atoms with Gasteiger partial charge in [0.1, 0.15) is 0 Å². The maximum atomic E-state index is 12.3. The highest BCUT2D eigenvalue weighted by Crippen LogP contribution is 2.23. The summed E-state index contributed by atoms with van der Waals surface area (Å²) in [5.41, 5.74) is 1.97. The number of nitrogens with zero attached hydrogens (tertiary/aromatic N) is 1. The summed E-state index contributed by atoms with van der Waals surface area (Å²) in [6, 6.07) is 12.0. The van der Waals surface area contributed by atoms with E-state index in [1.807, 2.05) is 31.2 Å². The number of nitrogens with one attached hydrogen (secondary N) is 1. The van der Waals surface area contributed by atoms with Crippen molar-refractivity contribution in [2.75, 3.05) is 18.4 Å². The molecular weight excluding hydrogens is 360 g/mol. The molecule has 1 heterocycles. The van der Waals surface area contributed by atoms with Gasteiger partial charge < -0.3 is 5.32 Å². The Bertz CT molecular complexity index is 627. The molecule has 118 valence electrons. The highest BCUT2D eigenvalue weighted by Gasteiger charge is 2.12. The average Bonchev–Trinajstić information content (AvgIpc) is 2.87. The van der Waals surface area contributed by atoms with Crippen molar-refractivity contribution in [3.63, 3.8) is 0 Å². The van der Waals surface area contributed by atoms with Crippen LogP contribution >= 0.6 is 27.3 Å². The number of amides is 1. The van der Waals surface area contributed by atoms with E-state index in [-0.39, 0.29) is 5.91 Å². The van der Waals surface area contributed by atoms with Gasteiger partial charge in [0.2, 0.25) is 5.91 Å². The molecule has 0 radical (unpaired) electrons. The van der Waals surface area contributed by atoms with E-state index >= 15 is 0 Å². The number of thiophene rings is 1. The lowest BCUT2D eigenvalue weighted by atomic mass is 10.2. The zero-order chi connectivity index (χ0) is 15.9. The van der Waals surface area contributed by atoms with E-state index in [2.05, 4.69) is 45.2 Å². The van der Waals surface area contributed by atoms with Crippen molar-refractivity contribution in [2.45, 2.75) is 26.8 Å². The lowest BCUT2D eigenvalue weighted by Crippen LogP contribution is -2.33. The van der Waals surface area contributed by atoms with Gasteiger partial charge in [0.25, 0.3) is 0 Å². The van der Waals surface area contributed by atoms with Gasteiger partial charge >= 0.3 is 0 Å². The Kier molecular flexibility index (Phi) is 6.61. The molecule has 0 aliphatic carbocycles. The molecular formula is C17H21BrN2OS. The van der Waals surface area contributed by atoms with Crippen LogP contribution in [0.5, 0.6) is 0 Å². The van der Waals surface area contributed by atoms with Gasteiger partial charge in [-0.15, -0.1) is 11.3 Å². The number of hydrogen-bond donors (Lipinski definition) is 1. The first-order valence-electron chi connectivity index (χ1n) is 7.40. The molecule has 2 aromatic rings. The van der Waals surface area contributed by atoms with E-state index in [1.54, 1.807) is 11.3 Å². The van der Waals surface area contributed by atoms with E-state index in [1.165, 1.54) is 4.88 Å². The standard InChI is InChI=1S/C17H21BrN2OS/c1-3-10-20(11-14-8-9-16(18)22-14)12-17(21)19-15-7-5-4-6-13(15)2/h4-9H,3,10-12H2,1-2H3,(H,19,21). The Morgan fingerprint density at radius 1 is 1.27 bits per heavy atom. The van der Waals surface area contributed by atoms with Crippen LogP contribution in [0.1, 0.15) is 23.8 Å². The van der Waals surface area contributed by atoms with E-state index in [9.17, 15) is 4.79 Å². The third-order valence-electron chi connectivity index (χ3n) is 3.33. The third-order valence-corrected chi connectivity index (χ3v) is 4.94. The van der Waals surface area contributed by atoms with E-state index in [0.29, 0.717) is 6.54 Å². The summed E-state index contributed by atoms with van der Waals surface area (Å²) < 4.78 is 1.13. The molecule has 3 nitrogen and oxygen atoms in total. The molecule has 1 aromatic carbocycles. The van der Waals surface area contributed by atoms with Gasteiger partial charge in [-0.3, -0.25) is 9.69 Å².